The van der Waals surface area contributed by atoms with Crippen LogP contribution < -0.4 is 4.74 Å². The topological polar surface area (TPSA) is 59.0 Å². The summed E-state index contributed by atoms with van der Waals surface area (Å²) in [5.41, 5.74) is 0.652. The summed E-state index contributed by atoms with van der Waals surface area (Å²) in [4.78, 5) is 25.8. The molecule has 0 spiro atoms. The van der Waals surface area contributed by atoms with E-state index in [-0.39, 0.29) is 35.5 Å². The molecule has 2 saturated carbocycles. The highest BCUT2D eigenvalue weighted by atomic mass is 35.5. The van der Waals surface area contributed by atoms with Crippen LogP contribution in [-0.2, 0) is 9.59 Å². The first kappa shape index (κ1) is 16.1. The Balaban J connectivity index is 1.44. The van der Waals surface area contributed by atoms with E-state index in [0.717, 1.165) is 11.4 Å². The van der Waals surface area contributed by atoms with Crippen molar-refractivity contribution in [2.45, 2.75) is 13.3 Å². The summed E-state index contributed by atoms with van der Waals surface area (Å²) in [6.45, 7) is 2.40. The zero-order valence-corrected chi connectivity index (χ0v) is 15.1. The summed E-state index contributed by atoms with van der Waals surface area (Å²) in [7, 11) is 0. The van der Waals surface area contributed by atoms with Crippen LogP contribution in [-0.4, -0.2) is 29.6 Å². The molecule has 1 heterocycles. The first-order valence-corrected chi connectivity index (χ1v) is 9.50. The zero-order valence-electron chi connectivity index (χ0n) is 14.3. The number of carbonyl (C=O) groups is 2. The third kappa shape index (κ3) is 2.19. The van der Waals surface area contributed by atoms with Crippen LogP contribution in [0.4, 0.5) is 0 Å². The van der Waals surface area contributed by atoms with E-state index in [4.69, 9.17) is 16.3 Å². The van der Waals surface area contributed by atoms with E-state index in [2.05, 4.69) is 17.3 Å². The van der Waals surface area contributed by atoms with Crippen LogP contribution in [0.5, 0.6) is 5.75 Å². The van der Waals surface area contributed by atoms with Crippen molar-refractivity contribution in [2.75, 3.05) is 6.61 Å². The van der Waals surface area contributed by atoms with E-state index in [1.54, 1.807) is 18.2 Å². The fraction of sp³-hybridized carbons (Fsp3) is 0.450. The number of allylic oxidation sites excluding steroid dienone is 2. The van der Waals surface area contributed by atoms with Crippen molar-refractivity contribution in [3.63, 3.8) is 0 Å². The predicted molar refractivity (Wildman–Crippen MR) is 96.8 cm³/mol. The average molecular weight is 371 g/mol. The van der Waals surface area contributed by atoms with Crippen molar-refractivity contribution in [2.24, 2.45) is 40.6 Å². The summed E-state index contributed by atoms with van der Waals surface area (Å²) in [5.74, 6) is 1.41. The van der Waals surface area contributed by atoms with E-state index >= 15 is 0 Å². The molecule has 0 aromatic heterocycles. The van der Waals surface area contributed by atoms with Crippen molar-refractivity contribution in [1.29, 1.82) is 0 Å². The van der Waals surface area contributed by atoms with Crippen molar-refractivity contribution < 1.29 is 14.3 Å². The van der Waals surface area contributed by atoms with Crippen molar-refractivity contribution >= 4 is 29.6 Å². The molecule has 26 heavy (non-hydrogen) atoms. The van der Waals surface area contributed by atoms with Gasteiger partial charge in [0.25, 0.3) is 11.8 Å². The van der Waals surface area contributed by atoms with E-state index in [1.807, 2.05) is 6.92 Å². The minimum atomic E-state index is -0.232. The Bertz CT molecular complexity index is 829. The first-order chi connectivity index (χ1) is 12.6. The van der Waals surface area contributed by atoms with Gasteiger partial charge in [0.2, 0.25) is 0 Å². The van der Waals surface area contributed by atoms with Gasteiger partial charge >= 0.3 is 0 Å². The number of hydrogen-bond donors (Lipinski definition) is 0. The van der Waals surface area contributed by atoms with Crippen LogP contribution in [0.2, 0.25) is 5.02 Å². The SMILES string of the molecule is CCOc1ccc(Cl)cc1/C=N\N1C(=O)[C@H]2[C@@H]3C=C[C@H]([C@H]4C[C@H]34)[C@@H]2C1=O. The number of rotatable bonds is 4. The Labute approximate surface area is 156 Å². The maximum Gasteiger partial charge on any atom is 0.254 e. The molecule has 6 atom stereocenters. The van der Waals surface area contributed by atoms with Gasteiger partial charge in [0.05, 0.1) is 24.7 Å². The second-order valence-corrected chi connectivity index (χ2v) is 7.94. The highest BCUT2D eigenvalue weighted by molar-refractivity contribution is 6.31. The molecule has 3 fully saturated rings. The molecular formula is C20H19ClN2O3. The average Bonchev–Trinajstić information content (AvgIpc) is 3.41. The van der Waals surface area contributed by atoms with E-state index in [9.17, 15) is 9.59 Å². The van der Waals surface area contributed by atoms with Gasteiger partial charge in [-0.15, -0.1) is 0 Å². The van der Waals surface area contributed by atoms with Crippen LogP contribution in [0.3, 0.4) is 0 Å². The Kier molecular flexibility index (Phi) is 3.51. The minimum Gasteiger partial charge on any atom is -0.493 e. The number of ether oxygens (including phenoxy) is 1. The van der Waals surface area contributed by atoms with Gasteiger partial charge in [-0.2, -0.15) is 10.1 Å². The molecule has 6 heteroatoms. The molecule has 1 aliphatic heterocycles. The van der Waals surface area contributed by atoms with Crippen LogP contribution in [0.25, 0.3) is 0 Å². The smallest absolute Gasteiger partial charge is 0.254 e. The van der Waals surface area contributed by atoms with Crippen LogP contribution >= 0.6 is 11.6 Å². The second kappa shape index (κ2) is 5.68. The number of amides is 2. The maximum atomic E-state index is 12.9. The van der Waals surface area contributed by atoms with Crippen molar-refractivity contribution in [3.05, 3.63) is 40.9 Å². The lowest BCUT2D eigenvalue weighted by Crippen LogP contribution is -2.40. The summed E-state index contributed by atoms with van der Waals surface area (Å²) in [5, 5.41) is 5.86. The maximum absolute atomic E-state index is 12.9. The van der Waals surface area contributed by atoms with Crippen molar-refractivity contribution in [3.8, 4) is 5.75 Å². The predicted octanol–water partition coefficient (Wildman–Crippen LogP) is 3.13. The molecular weight excluding hydrogens is 352 g/mol. The highest BCUT2D eigenvalue weighted by Crippen LogP contribution is 2.65. The van der Waals surface area contributed by atoms with Gasteiger partial charge in [-0.05, 0) is 55.2 Å². The lowest BCUT2D eigenvalue weighted by Gasteiger charge is -2.37. The molecule has 4 aliphatic carbocycles. The molecule has 0 unspecified atom stereocenters. The normalized spacial score (nSPS) is 36.6. The molecule has 1 aromatic carbocycles. The van der Waals surface area contributed by atoms with Gasteiger partial charge in [-0.1, -0.05) is 23.8 Å². The lowest BCUT2D eigenvalue weighted by molar-refractivity contribution is -0.140. The Morgan fingerprint density at radius 1 is 1.19 bits per heavy atom. The molecule has 134 valence electrons. The van der Waals surface area contributed by atoms with Gasteiger partial charge in [-0.3, -0.25) is 9.59 Å². The van der Waals surface area contributed by atoms with Gasteiger partial charge in [0.15, 0.2) is 0 Å². The zero-order chi connectivity index (χ0) is 18.0. The first-order valence-electron chi connectivity index (χ1n) is 9.12. The minimum absolute atomic E-state index is 0.166. The Morgan fingerprint density at radius 2 is 1.85 bits per heavy atom. The van der Waals surface area contributed by atoms with Gasteiger partial charge in [0, 0.05) is 10.6 Å². The fourth-order valence-corrected chi connectivity index (χ4v) is 5.26. The molecule has 2 amide bonds. The standard InChI is InChI=1S/C20H19ClN2O3/c1-2-26-16-6-3-11(21)7-10(16)9-22-23-19(24)17-12-4-5-13(15-8-14(12)15)18(17)20(23)25/h3-7,9,12-15,17-18H,2,8H2,1H3/b22-9-/t12-,13-,14-,15-,17+,18+/m1/s1. The largest absolute Gasteiger partial charge is 0.493 e. The molecule has 0 N–H and O–H groups in total. The number of nitrogens with zero attached hydrogens (tertiary/aromatic N) is 2. The quantitative estimate of drug-likeness (QED) is 0.465. The number of benzene rings is 1. The third-order valence-corrected chi connectivity index (χ3v) is 6.46. The molecule has 5 nitrogen and oxygen atoms in total. The second-order valence-electron chi connectivity index (χ2n) is 7.50. The highest BCUT2D eigenvalue weighted by Gasteiger charge is 2.67. The molecule has 1 aromatic rings. The molecule has 1 saturated heterocycles. The Morgan fingerprint density at radius 3 is 2.46 bits per heavy atom. The summed E-state index contributed by atoms with van der Waals surface area (Å²) < 4.78 is 5.57. The van der Waals surface area contributed by atoms with Crippen molar-refractivity contribution in [1.82, 2.24) is 5.01 Å². The molecule has 0 radical (unpaired) electrons. The lowest BCUT2D eigenvalue weighted by atomic mass is 9.63. The summed E-state index contributed by atoms with van der Waals surface area (Å²) in [6.07, 6.45) is 6.96. The van der Waals surface area contributed by atoms with E-state index in [0.29, 0.717) is 34.8 Å². The summed E-state index contributed by atoms with van der Waals surface area (Å²) in [6, 6.07) is 5.22. The van der Waals surface area contributed by atoms with E-state index < -0.39 is 0 Å². The van der Waals surface area contributed by atoms with Gasteiger partial charge in [0.1, 0.15) is 5.75 Å². The fourth-order valence-electron chi connectivity index (χ4n) is 5.08. The number of hydrazone groups is 1. The third-order valence-electron chi connectivity index (χ3n) is 6.22. The van der Waals surface area contributed by atoms with Crippen LogP contribution in [0.1, 0.15) is 18.9 Å². The molecule has 2 bridgehead atoms. The number of carbonyl (C=O) groups excluding carboxylic acids is 2. The molecule has 6 rings (SSSR count). The summed E-state index contributed by atoms with van der Waals surface area (Å²) >= 11 is 6.06. The molecule has 5 aliphatic rings. The number of hydrogen-bond acceptors (Lipinski definition) is 4. The van der Waals surface area contributed by atoms with Crippen LogP contribution in [0, 0.1) is 35.5 Å². The Hall–Kier alpha value is -2.14. The van der Waals surface area contributed by atoms with E-state index in [1.165, 1.54) is 6.21 Å². The van der Waals surface area contributed by atoms with Gasteiger partial charge < -0.3 is 4.74 Å². The van der Waals surface area contributed by atoms with Crippen LogP contribution in [0.15, 0.2) is 35.5 Å². The monoisotopic (exact) mass is 370 g/mol. The number of halogens is 1. The number of imide groups is 1. The van der Waals surface area contributed by atoms with Gasteiger partial charge in [-0.25, -0.2) is 0 Å².